The predicted molar refractivity (Wildman–Crippen MR) is 117 cm³/mol. The second-order valence-electron chi connectivity index (χ2n) is 7.07. The van der Waals surface area contributed by atoms with Crippen molar-refractivity contribution in [1.82, 2.24) is 9.97 Å². The van der Waals surface area contributed by atoms with Crippen LogP contribution in [-0.2, 0) is 11.2 Å². The van der Waals surface area contributed by atoms with Crippen molar-refractivity contribution in [1.29, 1.82) is 0 Å². The quantitative estimate of drug-likeness (QED) is 0.541. The lowest BCUT2D eigenvalue weighted by Crippen LogP contribution is -2.16. The Morgan fingerprint density at radius 1 is 1.24 bits per heavy atom. The monoisotopic (exact) mass is 425 g/mol. The zero-order chi connectivity index (χ0) is 20.1. The van der Waals surface area contributed by atoms with Crippen LogP contribution in [-0.4, -0.2) is 22.0 Å². The molecule has 2 aromatic heterocycles. The summed E-state index contributed by atoms with van der Waals surface area (Å²) in [4.78, 5) is 23.5. The minimum Gasteiger partial charge on any atom is -0.490 e. The Bertz CT molecular complexity index is 969. The summed E-state index contributed by atoms with van der Waals surface area (Å²) in [6.07, 6.45) is 6.79. The minimum atomic E-state index is -0.125. The van der Waals surface area contributed by atoms with E-state index in [1.165, 1.54) is 24.2 Å². The van der Waals surface area contributed by atoms with E-state index in [0.717, 1.165) is 33.4 Å². The lowest BCUT2D eigenvalue weighted by atomic mass is 10.2. The molecular formula is C22H23N3O2S2. The number of aromatic nitrogens is 2. The first-order valence-corrected chi connectivity index (χ1v) is 11.4. The second kappa shape index (κ2) is 9.41. The standard InChI is InChI=1S/C22H23N3O2S2/c1-15-14-23-22(28-15)25-20(26)12-16-11-18(27-17-7-5-6-8-17)13-21(24-16)29-19-9-3-2-4-10-19/h2-4,9-11,13-14,17H,5-8,12H2,1H3,(H,23,25,26). The number of rotatable bonds is 7. The first-order chi connectivity index (χ1) is 14.1. The molecule has 1 saturated carbocycles. The molecule has 1 fully saturated rings. The van der Waals surface area contributed by atoms with E-state index in [2.05, 4.69) is 10.3 Å². The summed E-state index contributed by atoms with van der Waals surface area (Å²) in [6, 6.07) is 14.0. The highest BCUT2D eigenvalue weighted by atomic mass is 32.2. The molecule has 0 radical (unpaired) electrons. The van der Waals surface area contributed by atoms with Gasteiger partial charge in [0.1, 0.15) is 10.8 Å². The fraction of sp³-hybridized carbons (Fsp3) is 0.318. The molecule has 0 atom stereocenters. The van der Waals surface area contributed by atoms with Gasteiger partial charge in [0.2, 0.25) is 5.91 Å². The Kier molecular flexibility index (Phi) is 6.46. The molecule has 7 heteroatoms. The third-order valence-corrected chi connectivity index (χ3v) is 6.36. The maximum absolute atomic E-state index is 12.5. The number of nitrogens with one attached hydrogen (secondary N) is 1. The van der Waals surface area contributed by atoms with Crippen molar-refractivity contribution in [2.45, 2.75) is 55.1 Å². The van der Waals surface area contributed by atoms with Crippen molar-refractivity contribution in [2.24, 2.45) is 0 Å². The fourth-order valence-corrected chi connectivity index (χ4v) is 4.85. The summed E-state index contributed by atoms with van der Waals surface area (Å²) in [5.41, 5.74) is 0.699. The molecule has 0 unspecified atom stereocenters. The molecule has 150 valence electrons. The summed E-state index contributed by atoms with van der Waals surface area (Å²) in [6.45, 7) is 1.96. The van der Waals surface area contributed by atoms with Crippen LogP contribution in [0.3, 0.4) is 0 Å². The van der Waals surface area contributed by atoms with Crippen molar-refractivity contribution < 1.29 is 9.53 Å². The molecule has 5 nitrogen and oxygen atoms in total. The van der Waals surface area contributed by atoms with Crippen LogP contribution in [0.25, 0.3) is 0 Å². The zero-order valence-electron chi connectivity index (χ0n) is 16.3. The van der Waals surface area contributed by atoms with Crippen molar-refractivity contribution in [3.05, 3.63) is 59.2 Å². The predicted octanol–water partition coefficient (Wildman–Crippen LogP) is 5.50. The molecular weight excluding hydrogens is 402 g/mol. The summed E-state index contributed by atoms with van der Waals surface area (Å²) in [5, 5.41) is 4.30. The van der Waals surface area contributed by atoms with Crippen molar-refractivity contribution >= 4 is 34.1 Å². The number of benzene rings is 1. The van der Waals surface area contributed by atoms with E-state index >= 15 is 0 Å². The molecule has 29 heavy (non-hydrogen) atoms. The molecule has 1 N–H and O–H groups in total. The van der Waals surface area contributed by atoms with Crippen molar-refractivity contribution in [3.63, 3.8) is 0 Å². The molecule has 1 amide bonds. The van der Waals surface area contributed by atoms with Crippen LogP contribution in [0.1, 0.15) is 36.3 Å². The SMILES string of the molecule is Cc1cnc(NC(=O)Cc2cc(OC3CCCC3)cc(Sc3ccccc3)n2)s1. The number of ether oxygens (including phenoxy) is 1. The topological polar surface area (TPSA) is 64.1 Å². The molecule has 3 aromatic rings. The van der Waals surface area contributed by atoms with Gasteiger partial charge in [-0.15, -0.1) is 11.3 Å². The van der Waals surface area contributed by atoms with Crippen LogP contribution in [0.15, 0.2) is 58.6 Å². The van der Waals surface area contributed by atoms with Gasteiger partial charge in [0.25, 0.3) is 0 Å². The molecule has 4 rings (SSSR count). The molecule has 1 aromatic carbocycles. The first kappa shape index (κ1) is 19.9. The van der Waals surface area contributed by atoms with E-state index in [9.17, 15) is 4.79 Å². The Morgan fingerprint density at radius 3 is 2.76 bits per heavy atom. The van der Waals surface area contributed by atoms with E-state index in [1.807, 2.05) is 49.4 Å². The summed E-state index contributed by atoms with van der Waals surface area (Å²) >= 11 is 3.04. The fourth-order valence-electron chi connectivity index (χ4n) is 3.29. The Balaban J connectivity index is 1.52. The van der Waals surface area contributed by atoms with Gasteiger partial charge < -0.3 is 10.1 Å². The molecule has 0 saturated heterocycles. The lowest BCUT2D eigenvalue weighted by Gasteiger charge is -2.15. The van der Waals surface area contributed by atoms with Crippen LogP contribution in [0.5, 0.6) is 5.75 Å². The maximum Gasteiger partial charge on any atom is 0.232 e. The average Bonchev–Trinajstić information content (AvgIpc) is 3.34. The smallest absolute Gasteiger partial charge is 0.232 e. The zero-order valence-corrected chi connectivity index (χ0v) is 17.9. The summed E-state index contributed by atoms with van der Waals surface area (Å²) in [7, 11) is 0. The van der Waals surface area contributed by atoms with E-state index in [0.29, 0.717) is 10.8 Å². The number of amides is 1. The third-order valence-electron chi connectivity index (χ3n) is 4.61. The van der Waals surface area contributed by atoms with Crippen LogP contribution < -0.4 is 10.1 Å². The van der Waals surface area contributed by atoms with Gasteiger partial charge >= 0.3 is 0 Å². The highest BCUT2D eigenvalue weighted by molar-refractivity contribution is 7.99. The van der Waals surface area contributed by atoms with E-state index in [-0.39, 0.29) is 18.4 Å². The van der Waals surface area contributed by atoms with E-state index in [4.69, 9.17) is 9.72 Å². The van der Waals surface area contributed by atoms with Crippen LogP contribution in [0.4, 0.5) is 5.13 Å². The normalized spacial score (nSPS) is 14.1. The number of thiazole rings is 1. The van der Waals surface area contributed by atoms with Crippen LogP contribution >= 0.6 is 23.1 Å². The maximum atomic E-state index is 12.5. The first-order valence-electron chi connectivity index (χ1n) is 9.77. The Morgan fingerprint density at radius 2 is 2.03 bits per heavy atom. The number of nitrogens with zero attached hydrogens (tertiary/aromatic N) is 2. The summed E-state index contributed by atoms with van der Waals surface area (Å²) < 4.78 is 6.20. The lowest BCUT2D eigenvalue weighted by molar-refractivity contribution is -0.115. The molecule has 0 aliphatic heterocycles. The Hall–Kier alpha value is -2.38. The van der Waals surface area contributed by atoms with Crippen LogP contribution in [0, 0.1) is 6.92 Å². The van der Waals surface area contributed by atoms with Gasteiger partial charge in [-0.05, 0) is 44.7 Å². The number of pyridine rings is 1. The molecule has 1 aliphatic rings. The van der Waals surface area contributed by atoms with E-state index in [1.54, 1.807) is 18.0 Å². The number of anilines is 1. The van der Waals surface area contributed by atoms with Gasteiger partial charge in [0, 0.05) is 28.1 Å². The van der Waals surface area contributed by atoms with E-state index < -0.39 is 0 Å². The van der Waals surface area contributed by atoms with Crippen LogP contribution in [0.2, 0.25) is 0 Å². The number of carbonyl (C=O) groups excluding carboxylic acids is 1. The largest absolute Gasteiger partial charge is 0.490 e. The number of hydrogen-bond donors (Lipinski definition) is 1. The molecule has 2 heterocycles. The van der Waals surface area contributed by atoms with Gasteiger partial charge in [0.15, 0.2) is 5.13 Å². The number of carbonyl (C=O) groups is 1. The number of aryl methyl sites for hydroxylation is 1. The third kappa shape index (κ3) is 5.81. The Labute approximate surface area is 178 Å². The van der Waals surface area contributed by atoms with Gasteiger partial charge in [-0.2, -0.15) is 0 Å². The highest BCUT2D eigenvalue weighted by Crippen LogP contribution is 2.31. The van der Waals surface area contributed by atoms with Crippen molar-refractivity contribution in [3.8, 4) is 5.75 Å². The minimum absolute atomic E-state index is 0.125. The highest BCUT2D eigenvalue weighted by Gasteiger charge is 2.18. The van der Waals surface area contributed by atoms with Gasteiger partial charge in [-0.1, -0.05) is 30.0 Å². The molecule has 1 aliphatic carbocycles. The second-order valence-corrected chi connectivity index (χ2v) is 9.40. The molecule has 0 spiro atoms. The van der Waals surface area contributed by atoms with Gasteiger partial charge in [0.05, 0.1) is 18.2 Å². The number of hydrogen-bond acceptors (Lipinski definition) is 6. The van der Waals surface area contributed by atoms with Gasteiger partial charge in [-0.3, -0.25) is 4.79 Å². The average molecular weight is 426 g/mol. The molecule has 0 bridgehead atoms. The van der Waals surface area contributed by atoms with Gasteiger partial charge in [-0.25, -0.2) is 9.97 Å². The van der Waals surface area contributed by atoms with Crippen molar-refractivity contribution in [2.75, 3.05) is 5.32 Å². The summed E-state index contributed by atoms with van der Waals surface area (Å²) in [5.74, 6) is 0.666.